The van der Waals surface area contributed by atoms with Crippen LogP contribution in [0.3, 0.4) is 0 Å². The Labute approximate surface area is 123 Å². The number of aromatic nitrogens is 2. The molecular weight excluding hydrogens is 288 g/mol. The van der Waals surface area contributed by atoms with Crippen molar-refractivity contribution in [2.75, 3.05) is 7.11 Å². The van der Waals surface area contributed by atoms with Crippen molar-refractivity contribution in [3.05, 3.63) is 66.8 Å². The highest BCUT2D eigenvalue weighted by molar-refractivity contribution is 7.15. The van der Waals surface area contributed by atoms with Crippen LogP contribution >= 0.6 is 11.3 Å². The van der Waals surface area contributed by atoms with E-state index in [1.165, 1.54) is 21.8 Å². The average molecular weight is 300 g/mol. The molecule has 106 valence electrons. The standard InChI is InChI=1S/C15H12N2O3S/c1-9-7-13(18)16-15-17(9)14(19)12(21-15)8-10-3-5-11(20-2)6-4-10/h3-8H,1-2H3. The minimum atomic E-state index is -0.329. The van der Waals surface area contributed by atoms with Gasteiger partial charge in [0.1, 0.15) is 5.75 Å². The zero-order chi connectivity index (χ0) is 15.0. The predicted molar refractivity (Wildman–Crippen MR) is 82.1 cm³/mol. The molecule has 2 aromatic heterocycles. The Hall–Kier alpha value is -2.47. The Balaban J connectivity index is 2.22. The summed E-state index contributed by atoms with van der Waals surface area (Å²) in [4.78, 5) is 28.1. The first-order valence-corrected chi connectivity index (χ1v) is 7.09. The molecule has 2 heterocycles. The fourth-order valence-corrected chi connectivity index (χ4v) is 3.11. The molecule has 0 aliphatic carbocycles. The quantitative estimate of drug-likeness (QED) is 0.708. The van der Waals surface area contributed by atoms with Gasteiger partial charge >= 0.3 is 0 Å². The van der Waals surface area contributed by atoms with Gasteiger partial charge in [0.25, 0.3) is 11.1 Å². The van der Waals surface area contributed by atoms with Gasteiger partial charge in [-0.15, -0.1) is 0 Å². The molecule has 0 saturated heterocycles. The van der Waals surface area contributed by atoms with Gasteiger partial charge in [0, 0.05) is 11.8 Å². The Morgan fingerprint density at radius 1 is 1.24 bits per heavy atom. The number of fused-ring (bicyclic) bond motifs is 1. The van der Waals surface area contributed by atoms with Gasteiger partial charge in [-0.3, -0.25) is 14.0 Å². The van der Waals surface area contributed by atoms with E-state index in [9.17, 15) is 9.59 Å². The minimum absolute atomic E-state index is 0.157. The maximum Gasteiger partial charge on any atom is 0.274 e. The topological polar surface area (TPSA) is 60.7 Å². The molecule has 5 nitrogen and oxygen atoms in total. The van der Waals surface area contributed by atoms with Crippen molar-refractivity contribution in [1.82, 2.24) is 9.38 Å². The lowest BCUT2D eigenvalue weighted by Crippen LogP contribution is -2.25. The minimum Gasteiger partial charge on any atom is -0.497 e. The monoisotopic (exact) mass is 300 g/mol. The first-order chi connectivity index (χ1) is 10.1. The van der Waals surface area contributed by atoms with E-state index in [0.717, 1.165) is 11.3 Å². The van der Waals surface area contributed by atoms with Crippen LogP contribution in [0.25, 0.3) is 11.0 Å². The summed E-state index contributed by atoms with van der Waals surface area (Å²) >= 11 is 1.21. The Kier molecular flexibility index (Phi) is 3.31. The molecule has 6 heteroatoms. The van der Waals surface area contributed by atoms with E-state index in [2.05, 4.69) is 4.98 Å². The van der Waals surface area contributed by atoms with Crippen LogP contribution < -0.4 is 20.4 Å². The lowest BCUT2D eigenvalue weighted by molar-refractivity contribution is 0.415. The van der Waals surface area contributed by atoms with Crippen LogP contribution in [0.4, 0.5) is 0 Å². The Morgan fingerprint density at radius 3 is 2.62 bits per heavy atom. The van der Waals surface area contributed by atoms with Gasteiger partial charge < -0.3 is 4.74 Å². The van der Waals surface area contributed by atoms with Crippen LogP contribution in [0.15, 0.2) is 39.9 Å². The third-order valence-electron chi connectivity index (χ3n) is 3.11. The first-order valence-electron chi connectivity index (χ1n) is 6.27. The van der Waals surface area contributed by atoms with Crippen LogP contribution in [-0.4, -0.2) is 16.5 Å². The van der Waals surface area contributed by atoms with Crippen LogP contribution in [-0.2, 0) is 0 Å². The lowest BCUT2D eigenvalue weighted by Gasteiger charge is -1.98. The van der Waals surface area contributed by atoms with Gasteiger partial charge in [0.2, 0.25) is 4.96 Å². The molecule has 1 aromatic carbocycles. The maximum atomic E-state index is 12.4. The number of hydrogen-bond donors (Lipinski definition) is 0. The fourth-order valence-electron chi connectivity index (χ4n) is 2.08. The second-order valence-corrected chi connectivity index (χ2v) is 5.55. The molecule has 0 saturated carbocycles. The third-order valence-corrected chi connectivity index (χ3v) is 4.08. The molecule has 0 amide bonds. The summed E-state index contributed by atoms with van der Waals surface area (Å²) in [5.41, 5.74) is 1.00. The van der Waals surface area contributed by atoms with Crippen molar-refractivity contribution in [3.8, 4) is 5.75 Å². The molecule has 0 bridgehead atoms. The van der Waals surface area contributed by atoms with Gasteiger partial charge in [0.15, 0.2) is 0 Å². The van der Waals surface area contributed by atoms with Gasteiger partial charge in [-0.25, -0.2) is 0 Å². The van der Waals surface area contributed by atoms with Crippen LogP contribution in [0.2, 0.25) is 0 Å². The molecule has 0 radical (unpaired) electrons. The van der Waals surface area contributed by atoms with E-state index in [4.69, 9.17) is 4.74 Å². The number of ether oxygens (including phenoxy) is 1. The van der Waals surface area contributed by atoms with Crippen LogP contribution in [0.5, 0.6) is 5.75 Å². The highest BCUT2D eigenvalue weighted by atomic mass is 32.1. The van der Waals surface area contributed by atoms with E-state index in [1.807, 2.05) is 24.3 Å². The highest BCUT2D eigenvalue weighted by Crippen LogP contribution is 2.11. The predicted octanol–water partition coefficient (Wildman–Crippen LogP) is 0.981. The fraction of sp³-hybridized carbons (Fsp3) is 0.133. The molecule has 0 aliphatic rings. The van der Waals surface area contributed by atoms with Crippen LogP contribution in [0, 0.1) is 6.92 Å². The highest BCUT2D eigenvalue weighted by Gasteiger charge is 2.07. The number of aryl methyl sites for hydroxylation is 1. The molecule has 0 fully saturated rings. The SMILES string of the molecule is COc1ccc(C=c2sc3nc(=O)cc(C)n3c2=O)cc1. The summed E-state index contributed by atoms with van der Waals surface area (Å²) in [6, 6.07) is 8.75. The molecule has 3 aromatic rings. The molecule has 0 unspecified atom stereocenters. The number of hydrogen-bond acceptors (Lipinski definition) is 5. The van der Waals surface area contributed by atoms with E-state index >= 15 is 0 Å². The van der Waals surface area contributed by atoms with Crippen LogP contribution in [0.1, 0.15) is 11.3 Å². The maximum absolute atomic E-state index is 12.4. The number of rotatable bonds is 2. The summed E-state index contributed by atoms with van der Waals surface area (Å²) in [6.45, 7) is 1.72. The summed E-state index contributed by atoms with van der Waals surface area (Å²) < 4.78 is 7.10. The van der Waals surface area contributed by atoms with E-state index < -0.39 is 0 Å². The number of methoxy groups -OCH3 is 1. The second-order valence-electron chi connectivity index (χ2n) is 4.54. The normalized spacial score (nSPS) is 12.0. The van der Waals surface area contributed by atoms with Crippen molar-refractivity contribution in [1.29, 1.82) is 0 Å². The smallest absolute Gasteiger partial charge is 0.274 e. The molecule has 0 spiro atoms. The summed E-state index contributed by atoms with van der Waals surface area (Å²) in [7, 11) is 1.60. The van der Waals surface area contributed by atoms with Crippen molar-refractivity contribution < 1.29 is 4.74 Å². The van der Waals surface area contributed by atoms with Crippen molar-refractivity contribution in [3.63, 3.8) is 0 Å². The third kappa shape index (κ3) is 2.45. The van der Waals surface area contributed by atoms with Crippen molar-refractivity contribution in [2.24, 2.45) is 0 Å². The van der Waals surface area contributed by atoms with Crippen molar-refractivity contribution in [2.45, 2.75) is 6.92 Å². The molecule has 0 atom stereocenters. The first kappa shape index (κ1) is 13.5. The van der Waals surface area contributed by atoms with Crippen molar-refractivity contribution >= 4 is 22.4 Å². The van der Waals surface area contributed by atoms with E-state index in [1.54, 1.807) is 20.1 Å². The molecule has 21 heavy (non-hydrogen) atoms. The largest absolute Gasteiger partial charge is 0.497 e. The van der Waals surface area contributed by atoms with Gasteiger partial charge in [-0.1, -0.05) is 23.5 Å². The summed E-state index contributed by atoms with van der Waals surface area (Å²) in [5.74, 6) is 0.758. The Bertz CT molecular complexity index is 971. The lowest BCUT2D eigenvalue weighted by atomic mass is 10.2. The number of benzene rings is 1. The zero-order valence-electron chi connectivity index (χ0n) is 11.5. The average Bonchev–Trinajstić information content (AvgIpc) is 2.76. The van der Waals surface area contributed by atoms with E-state index in [-0.39, 0.29) is 11.1 Å². The van der Waals surface area contributed by atoms with Gasteiger partial charge in [-0.2, -0.15) is 4.98 Å². The molecule has 0 aliphatic heterocycles. The number of thiazole rings is 1. The zero-order valence-corrected chi connectivity index (χ0v) is 12.3. The van der Waals surface area contributed by atoms with Gasteiger partial charge in [0.05, 0.1) is 11.6 Å². The second kappa shape index (κ2) is 5.14. The molecule has 3 rings (SSSR count). The molecular formula is C15H12N2O3S. The Morgan fingerprint density at radius 2 is 1.95 bits per heavy atom. The van der Waals surface area contributed by atoms with Gasteiger partial charge in [-0.05, 0) is 30.7 Å². The number of nitrogens with zero attached hydrogens (tertiary/aromatic N) is 2. The summed E-state index contributed by atoms with van der Waals surface area (Å²) in [5, 5.41) is 0. The van der Waals surface area contributed by atoms with E-state index in [0.29, 0.717) is 15.2 Å². The summed E-state index contributed by atoms with van der Waals surface area (Å²) in [6.07, 6.45) is 1.78. The molecule has 0 N–H and O–H groups in total.